The summed E-state index contributed by atoms with van der Waals surface area (Å²) in [7, 11) is 0. The van der Waals surface area contributed by atoms with Crippen LogP contribution in [0.15, 0.2) is 24.3 Å². The Kier molecular flexibility index (Phi) is 4.78. The molecule has 1 aromatic rings. The molecule has 1 heterocycles. The second kappa shape index (κ2) is 6.37. The van der Waals surface area contributed by atoms with E-state index >= 15 is 0 Å². The Morgan fingerprint density at radius 1 is 1.40 bits per heavy atom. The first-order valence-corrected chi connectivity index (χ1v) is 7.38. The molecule has 4 nitrogen and oxygen atoms in total. The summed E-state index contributed by atoms with van der Waals surface area (Å²) in [5.41, 5.74) is 1.49. The van der Waals surface area contributed by atoms with E-state index in [0.717, 1.165) is 24.9 Å². The molecule has 0 spiro atoms. The van der Waals surface area contributed by atoms with Crippen LogP contribution in [0.25, 0.3) is 0 Å². The number of β-amino-alcohol motifs (C(OH)–C–C–N with tert-alkyl or cyclic N) is 1. The minimum Gasteiger partial charge on any atom is -0.387 e. The Morgan fingerprint density at radius 2 is 2.15 bits per heavy atom. The van der Waals surface area contributed by atoms with Crippen LogP contribution in [0.4, 0.5) is 5.69 Å². The zero-order valence-electron chi connectivity index (χ0n) is 12.4. The molecule has 110 valence electrons. The molecular weight excluding hydrogens is 252 g/mol. The number of likely N-dealkylation sites (tertiary alicyclic amines) is 1. The third-order valence-electron chi connectivity index (χ3n) is 3.74. The fourth-order valence-electron chi connectivity index (χ4n) is 2.79. The standard InChI is InChI=1S/C16H24N2O2/c1-3-8-16(20)11-18(12-16)10-15(19)17-14-7-5-6-13(4-2)9-14/h5-7,9,20H,3-4,8,10-12H2,1-2H3,(H,17,19). The number of benzene rings is 1. The van der Waals surface area contributed by atoms with Gasteiger partial charge in [0.15, 0.2) is 0 Å². The highest BCUT2D eigenvalue weighted by molar-refractivity contribution is 5.92. The van der Waals surface area contributed by atoms with Crippen LogP contribution < -0.4 is 5.32 Å². The fourth-order valence-corrected chi connectivity index (χ4v) is 2.79. The molecule has 0 radical (unpaired) electrons. The number of amides is 1. The normalized spacial score (nSPS) is 17.6. The molecule has 1 aliphatic heterocycles. The molecule has 1 amide bonds. The Hall–Kier alpha value is -1.39. The van der Waals surface area contributed by atoms with Gasteiger partial charge in [-0.2, -0.15) is 0 Å². The summed E-state index contributed by atoms with van der Waals surface area (Å²) < 4.78 is 0. The van der Waals surface area contributed by atoms with Crippen molar-refractivity contribution in [2.24, 2.45) is 0 Å². The first-order chi connectivity index (χ1) is 9.54. The van der Waals surface area contributed by atoms with Crippen molar-refractivity contribution in [1.29, 1.82) is 0 Å². The number of carbonyl (C=O) groups excluding carboxylic acids is 1. The van der Waals surface area contributed by atoms with Crippen molar-refractivity contribution >= 4 is 11.6 Å². The van der Waals surface area contributed by atoms with Crippen LogP contribution in [0.2, 0.25) is 0 Å². The van der Waals surface area contributed by atoms with Gasteiger partial charge in [-0.05, 0) is 30.5 Å². The van der Waals surface area contributed by atoms with Crippen LogP contribution in [0.5, 0.6) is 0 Å². The largest absolute Gasteiger partial charge is 0.387 e. The first-order valence-electron chi connectivity index (χ1n) is 7.38. The number of aryl methyl sites for hydroxylation is 1. The van der Waals surface area contributed by atoms with Crippen molar-refractivity contribution in [3.63, 3.8) is 0 Å². The van der Waals surface area contributed by atoms with Gasteiger partial charge in [0, 0.05) is 18.8 Å². The van der Waals surface area contributed by atoms with Gasteiger partial charge < -0.3 is 10.4 Å². The fraction of sp³-hybridized carbons (Fsp3) is 0.562. The van der Waals surface area contributed by atoms with Crippen LogP contribution in [-0.2, 0) is 11.2 Å². The quantitative estimate of drug-likeness (QED) is 0.836. The van der Waals surface area contributed by atoms with Crippen molar-refractivity contribution in [3.8, 4) is 0 Å². The monoisotopic (exact) mass is 276 g/mol. The number of carbonyl (C=O) groups is 1. The number of rotatable bonds is 6. The van der Waals surface area contributed by atoms with Gasteiger partial charge in [0.1, 0.15) is 0 Å². The average molecular weight is 276 g/mol. The van der Waals surface area contributed by atoms with Gasteiger partial charge in [-0.15, -0.1) is 0 Å². The second-order valence-electron chi connectivity index (χ2n) is 5.72. The lowest BCUT2D eigenvalue weighted by Gasteiger charge is -2.46. The van der Waals surface area contributed by atoms with Gasteiger partial charge in [0.2, 0.25) is 5.91 Å². The number of anilines is 1. The molecule has 1 aromatic carbocycles. The molecule has 0 aliphatic carbocycles. The summed E-state index contributed by atoms with van der Waals surface area (Å²) in [4.78, 5) is 13.9. The van der Waals surface area contributed by atoms with Crippen LogP contribution in [0.3, 0.4) is 0 Å². The molecule has 0 atom stereocenters. The summed E-state index contributed by atoms with van der Waals surface area (Å²) >= 11 is 0. The Morgan fingerprint density at radius 3 is 2.80 bits per heavy atom. The summed E-state index contributed by atoms with van der Waals surface area (Å²) in [5, 5.41) is 13.0. The zero-order chi connectivity index (χ0) is 14.6. The zero-order valence-corrected chi connectivity index (χ0v) is 12.4. The minimum atomic E-state index is -0.572. The third kappa shape index (κ3) is 3.81. The van der Waals surface area contributed by atoms with Gasteiger partial charge in [-0.3, -0.25) is 9.69 Å². The smallest absolute Gasteiger partial charge is 0.238 e. The van der Waals surface area contributed by atoms with Crippen molar-refractivity contribution in [1.82, 2.24) is 4.90 Å². The van der Waals surface area contributed by atoms with E-state index in [9.17, 15) is 9.90 Å². The minimum absolute atomic E-state index is 0.0169. The van der Waals surface area contributed by atoms with Crippen molar-refractivity contribution in [3.05, 3.63) is 29.8 Å². The van der Waals surface area contributed by atoms with Crippen molar-refractivity contribution in [2.75, 3.05) is 25.0 Å². The number of hydrogen-bond acceptors (Lipinski definition) is 3. The Balaban J connectivity index is 1.79. The molecule has 0 aromatic heterocycles. The molecule has 1 saturated heterocycles. The van der Waals surface area contributed by atoms with Crippen LogP contribution in [-0.4, -0.2) is 41.1 Å². The molecule has 20 heavy (non-hydrogen) atoms. The lowest BCUT2D eigenvalue weighted by atomic mass is 9.89. The van der Waals surface area contributed by atoms with Crippen LogP contribution in [0.1, 0.15) is 32.3 Å². The first kappa shape index (κ1) is 15.0. The van der Waals surface area contributed by atoms with Gasteiger partial charge >= 0.3 is 0 Å². The molecule has 0 unspecified atom stereocenters. The van der Waals surface area contributed by atoms with E-state index in [-0.39, 0.29) is 5.91 Å². The summed E-state index contributed by atoms with van der Waals surface area (Å²) in [5.74, 6) is -0.0169. The summed E-state index contributed by atoms with van der Waals surface area (Å²) in [6.07, 6.45) is 2.74. The molecular formula is C16H24N2O2. The average Bonchev–Trinajstić information content (AvgIpc) is 2.37. The highest BCUT2D eigenvalue weighted by Crippen LogP contribution is 2.25. The number of aliphatic hydroxyl groups is 1. The molecule has 2 N–H and O–H groups in total. The maximum atomic E-state index is 11.9. The SMILES string of the molecule is CCCC1(O)CN(CC(=O)Nc2cccc(CC)c2)C1. The summed E-state index contributed by atoms with van der Waals surface area (Å²) in [6, 6.07) is 7.91. The highest BCUT2D eigenvalue weighted by Gasteiger charge is 2.40. The van der Waals surface area contributed by atoms with Crippen LogP contribution in [0, 0.1) is 0 Å². The van der Waals surface area contributed by atoms with E-state index in [1.54, 1.807) is 0 Å². The molecule has 0 bridgehead atoms. The lowest BCUT2D eigenvalue weighted by Crippen LogP contribution is -2.62. The Labute approximate surface area is 120 Å². The van der Waals surface area contributed by atoms with E-state index in [0.29, 0.717) is 19.6 Å². The van der Waals surface area contributed by atoms with E-state index in [1.165, 1.54) is 5.56 Å². The topological polar surface area (TPSA) is 52.6 Å². The van der Waals surface area contributed by atoms with Gasteiger partial charge in [-0.1, -0.05) is 32.4 Å². The molecule has 2 rings (SSSR count). The lowest BCUT2D eigenvalue weighted by molar-refractivity contribution is -0.129. The van der Waals surface area contributed by atoms with Crippen molar-refractivity contribution < 1.29 is 9.90 Å². The molecule has 4 heteroatoms. The maximum Gasteiger partial charge on any atom is 0.238 e. The third-order valence-corrected chi connectivity index (χ3v) is 3.74. The Bertz CT molecular complexity index is 467. The number of nitrogens with zero attached hydrogens (tertiary/aromatic N) is 1. The van der Waals surface area contributed by atoms with Crippen molar-refractivity contribution in [2.45, 2.75) is 38.7 Å². The van der Waals surface area contributed by atoms with E-state index in [1.807, 2.05) is 23.1 Å². The number of nitrogens with one attached hydrogen (secondary N) is 1. The number of hydrogen-bond donors (Lipinski definition) is 2. The molecule has 1 fully saturated rings. The second-order valence-corrected chi connectivity index (χ2v) is 5.72. The van der Waals surface area contributed by atoms with Gasteiger partial charge in [0.05, 0.1) is 12.1 Å². The van der Waals surface area contributed by atoms with Gasteiger partial charge in [-0.25, -0.2) is 0 Å². The van der Waals surface area contributed by atoms with Crippen LogP contribution >= 0.6 is 0 Å². The summed E-state index contributed by atoms with van der Waals surface area (Å²) in [6.45, 7) is 5.71. The van der Waals surface area contributed by atoms with E-state index in [2.05, 4.69) is 25.2 Å². The van der Waals surface area contributed by atoms with Gasteiger partial charge in [0.25, 0.3) is 0 Å². The van der Waals surface area contributed by atoms with E-state index < -0.39 is 5.60 Å². The molecule has 0 saturated carbocycles. The highest BCUT2D eigenvalue weighted by atomic mass is 16.3. The predicted molar refractivity (Wildman–Crippen MR) is 80.7 cm³/mol. The molecule has 1 aliphatic rings. The maximum absolute atomic E-state index is 11.9. The predicted octanol–water partition coefficient (Wildman–Crippen LogP) is 2.03. The van der Waals surface area contributed by atoms with E-state index in [4.69, 9.17) is 0 Å².